The van der Waals surface area contributed by atoms with E-state index in [0.717, 1.165) is 32.9 Å². The maximum atomic E-state index is 14.0. The van der Waals surface area contributed by atoms with Gasteiger partial charge in [0.15, 0.2) is 0 Å². The molecule has 3 unspecified atom stereocenters. The number of benzene rings is 3. The Hall–Kier alpha value is -3.33. The van der Waals surface area contributed by atoms with Crippen LogP contribution in [0.15, 0.2) is 76.6 Å². The molecule has 3 atom stereocenters. The first-order chi connectivity index (χ1) is 18.3. The zero-order valence-electron chi connectivity index (χ0n) is 20.6. The minimum atomic E-state index is -0.716. The van der Waals surface area contributed by atoms with Crippen LogP contribution in [0.2, 0.25) is 5.02 Å². The van der Waals surface area contributed by atoms with Crippen molar-refractivity contribution in [3.63, 3.8) is 0 Å². The number of halogens is 1. The summed E-state index contributed by atoms with van der Waals surface area (Å²) >= 11 is 8.78. The first-order valence-electron chi connectivity index (χ1n) is 12.1. The van der Waals surface area contributed by atoms with E-state index in [4.69, 9.17) is 16.3 Å². The molecule has 2 amide bonds. The number of thiazole rings is 1. The van der Waals surface area contributed by atoms with Gasteiger partial charge in [0, 0.05) is 21.4 Å². The Kier molecular flexibility index (Phi) is 6.42. The number of aryl methyl sites for hydroxylation is 2. The molecule has 9 heteroatoms. The second-order valence-corrected chi connectivity index (χ2v) is 12.1. The number of H-pyrrole nitrogens is 1. The van der Waals surface area contributed by atoms with E-state index in [1.165, 1.54) is 16.7 Å². The summed E-state index contributed by atoms with van der Waals surface area (Å²) in [5.74, 6) is -1.31. The van der Waals surface area contributed by atoms with Gasteiger partial charge in [0.2, 0.25) is 11.8 Å². The fraction of sp³-hybridized carbons (Fsp3) is 0.207. The normalized spacial score (nSPS) is 20.4. The predicted molar refractivity (Wildman–Crippen MR) is 151 cm³/mol. The molecule has 4 aromatic rings. The highest BCUT2D eigenvalue weighted by Gasteiger charge is 2.56. The number of nitrogens with zero attached hydrogens (tertiary/aromatic N) is 1. The lowest BCUT2D eigenvalue weighted by molar-refractivity contribution is -0.122. The summed E-state index contributed by atoms with van der Waals surface area (Å²) < 4.78 is 6.31. The lowest BCUT2D eigenvalue weighted by atomic mass is 9.82. The van der Waals surface area contributed by atoms with E-state index >= 15 is 0 Å². The lowest BCUT2D eigenvalue weighted by Gasteiger charge is -2.31. The molecule has 0 spiro atoms. The summed E-state index contributed by atoms with van der Waals surface area (Å²) in [7, 11) is 0. The smallest absolute Gasteiger partial charge is 0.305 e. The maximum Gasteiger partial charge on any atom is 0.305 e. The van der Waals surface area contributed by atoms with Gasteiger partial charge in [0.05, 0.1) is 16.6 Å². The van der Waals surface area contributed by atoms with Crippen LogP contribution in [0.4, 0.5) is 5.69 Å². The molecule has 2 aliphatic rings. The Balaban J connectivity index is 1.45. The molecule has 6 nitrogen and oxygen atoms in total. The van der Waals surface area contributed by atoms with Gasteiger partial charge in [-0.05, 0) is 55.3 Å². The van der Waals surface area contributed by atoms with Crippen molar-refractivity contribution in [1.29, 1.82) is 0 Å². The van der Waals surface area contributed by atoms with Gasteiger partial charge in [0.25, 0.3) is 0 Å². The average molecular weight is 563 g/mol. The SMILES string of the molecule is Cc1ccc(N2C(=O)C3Sc4[nH]c(=O)sc4C(c4cc(Cl)ccc4OCc4ccccc4C)C3C2=O)cc1. The third kappa shape index (κ3) is 4.26. The van der Waals surface area contributed by atoms with Crippen molar-refractivity contribution in [2.24, 2.45) is 5.92 Å². The second kappa shape index (κ2) is 9.76. The predicted octanol–water partition coefficient (Wildman–Crippen LogP) is 6.08. The number of hydrogen-bond acceptors (Lipinski definition) is 6. The number of ether oxygens (including phenoxy) is 1. The van der Waals surface area contributed by atoms with Gasteiger partial charge in [-0.15, -0.1) is 0 Å². The number of carbonyl (C=O) groups is 2. The van der Waals surface area contributed by atoms with Crippen LogP contribution in [-0.4, -0.2) is 22.0 Å². The van der Waals surface area contributed by atoms with Crippen LogP contribution in [0.1, 0.15) is 33.0 Å². The molecule has 1 saturated heterocycles. The summed E-state index contributed by atoms with van der Waals surface area (Å²) in [6, 6.07) is 20.6. The molecule has 0 saturated carbocycles. The van der Waals surface area contributed by atoms with E-state index in [1.54, 1.807) is 30.3 Å². The molecule has 2 aliphatic heterocycles. The van der Waals surface area contributed by atoms with E-state index in [9.17, 15) is 14.4 Å². The summed E-state index contributed by atoms with van der Waals surface area (Å²) in [6.07, 6.45) is 0. The van der Waals surface area contributed by atoms with Crippen LogP contribution >= 0.6 is 34.7 Å². The van der Waals surface area contributed by atoms with Crippen LogP contribution in [-0.2, 0) is 16.2 Å². The topological polar surface area (TPSA) is 79.5 Å². The number of rotatable bonds is 5. The number of aromatic amines is 1. The second-order valence-electron chi connectivity index (χ2n) is 9.49. The number of carbonyl (C=O) groups excluding carboxylic acids is 2. The Bertz CT molecular complexity index is 1630. The van der Waals surface area contributed by atoms with E-state index in [2.05, 4.69) is 4.98 Å². The van der Waals surface area contributed by atoms with Crippen molar-refractivity contribution in [2.45, 2.75) is 36.6 Å². The summed E-state index contributed by atoms with van der Waals surface area (Å²) in [5, 5.41) is 0.410. The molecule has 1 aromatic heterocycles. The van der Waals surface area contributed by atoms with Crippen molar-refractivity contribution in [3.8, 4) is 5.75 Å². The van der Waals surface area contributed by atoms with E-state index in [-0.39, 0.29) is 16.7 Å². The minimum absolute atomic E-state index is 0.229. The molecule has 3 aromatic carbocycles. The Morgan fingerprint density at radius 3 is 2.50 bits per heavy atom. The summed E-state index contributed by atoms with van der Waals surface area (Å²) in [4.78, 5) is 44.7. The first kappa shape index (κ1) is 25.0. The Morgan fingerprint density at radius 2 is 1.74 bits per heavy atom. The quantitative estimate of drug-likeness (QED) is 0.298. The Morgan fingerprint density at radius 1 is 0.974 bits per heavy atom. The molecule has 192 valence electrons. The Labute approximate surface area is 232 Å². The highest BCUT2D eigenvalue weighted by molar-refractivity contribution is 8.00. The summed E-state index contributed by atoms with van der Waals surface area (Å²) in [6.45, 7) is 4.31. The highest BCUT2D eigenvalue weighted by Crippen LogP contribution is 2.54. The molecule has 1 fully saturated rings. The van der Waals surface area contributed by atoms with Gasteiger partial charge >= 0.3 is 4.87 Å². The molecule has 3 heterocycles. The van der Waals surface area contributed by atoms with Crippen LogP contribution in [0.3, 0.4) is 0 Å². The minimum Gasteiger partial charge on any atom is -0.489 e. The van der Waals surface area contributed by atoms with Crippen molar-refractivity contribution < 1.29 is 14.3 Å². The molecule has 0 aliphatic carbocycles. The first-order valence-corrected chi connectivity index (χ1v) is 14.2. The van der Waals surface area contributed by atoms with Gasteiger partial charge in [-0.1, -0.05) is 76.7 Å². The van der Waals surface area contributed by atoms with Crippen LogP contribution in [0.5, 0.6) is 5.75 Å². The average Bonchev–Trinajstić information content (AvgIpc) is 3.39. The number of aromatic nitrogens is 1. The van der Waals surface area contributed by atoms with Crippen LogP contribution in [0.25, 0.3) is 0 Å². The molecule has 0 bridgehead atoms. The van der Waals surface area contributed by atoms with E-state index in [0.29, 0.717) is 33.7 Å². The zero-order valence-corrected chi connectivity index (χ0v) is 23.0. The molecular weight excluding hydrogens is 540 g/mol. The number of thioether (sulfide) groups is 1. The largest absolute Gasteiger partial charge is 0.489 e. The van der Waals surface area contributed by atoms with Gasteiger partial charge in [0.1, 0.15) is 17.6 Å². The van der Waals surface area contributed by atoms with Crippen LogP contribution < -0.4 is 14.5 Å². The highest BCUT2D eigenvalue weighted by atomic mass is 35.5. The molecule has 6 rings (SSSR count). The fourth-order valence-corrected chi connectivity index (χ4v) is 7.81. The molecule has 0 radical (unpaired) electrons. The lowest BCUT2D eigenvalue weighted by Crippen LogP contribution is -2.32. The van der Waals surface area contributed by atoms with Gasteiger partial charge < -0.3 is 9.72 Å². The van der Waals surface area contributed by atoms with Crippen LogP contribution in [0, 0.1) is 19.8 Å². The number of nitrogens with one attached hydrogen (secondary N) is 1. The van der Waals surface area contributed by atoms with Gasteiger partial charge in [-0.2, -0.15) is 0 Å². The number of fused-ring (bicyclic) bond motifs is 2. The molecular formula is C29H23ClN2O4S2. The van der Waals surface area contributed by atoms with Crippen molar-refractivity contribution in [3.05, 3.63) is 109 Å². The number of amides is 2. The van der Waals surface area contributed by atoms with Crippen molar-refractivity contribution in [1.82, 2.24) is 4.98 Å². The zero-order chi connectivity index (χ0) is 26.6. The number of imide groups is 1. The van der Waals surface area contributed by atoms with E-state index < -0.39 is 17.1 Å². The fourth-order valence-electron chi connectivity index (χ4n) is 5.12. The van der Waals surface area contributed by atoms with Crippen molar-refractivity contribution in [2.75, 3.05) is 4.90 Å². The standard InChI is InChI=1S/C29H23ClN2O4S2/c1-15-7-10-19(11-8-15)32-27(33)23-22(24-26(31-29(35)38-24)37-25(23)28(32)34)20-13-18(30)9-12-21(20)36-14-17-6-4-3-5-16(17)2/h3-13,22-23,25H,14H2,1-2H3,(H,31,35). The summed E-state index contributed by atoms with van der Waals surface area (Å²) in [5.41, 5.74) is 4.40. The molecule has 1 N–H and O–H groups in total. The number of hydrogen-bond donors (Lipinski definition) is 1. The third-order valence-corrected chi connectivity index (χ3v) is 9.70. The van der Waals surface area contributed by atoms with Crippen molar-refractivity contribution >= 4 is 52.2 Å². The molecule has 38 heavy (non-hydrogen) atoms. The number of anilines is 1. The monoisotopic (exact) mass is 562 g/mol. The van der Waals surface area contributed by atoms with E-state index in [1.807, 2.05) is 50.2 Å². The van der Waals surface area contributed by atoms with Gasteiger partial charge in [-0.3, -0.25) is 14.4 Å². The maximum absolute atomic E-state index is 14.0. The third-order valence-electron chi connectivity index (χ3n) is 7.07. The van der Waals surface area contributed by atoms with Gasteiger partial charge in [-0.25, -0.2) is 4.90 Å².